The Bertz CT molecular complexity index is 817. The Kier molecular flexibility index (Phi) is 6.41. The molecule has 1 aliphatic heterocycles. The van der Waals surface area contributed by atoms with Crippen LogP contribution in [0.2, 0.25) is 0 Å². The molecule has 2 amide bonds. The number of benzene rings is 1. The molecule has 0 bridgehead atoms. The molecule has 1 aromatic carbocycles. The predicted molar refractivity (Wildman–Crippen MR) is 106 cm³/mol. The molecule has 0 aliphatic carbocycles. The number of nitrogens with one attached hydrogen (secondary N) is 1. The molecule has 0 saturated carbocycles. The lowest BCUT2D eigenvalue weighted by Crippen LogP contribution is -2.49. The van der Waals surface area contributed by atoms with Crippen molar-refractivity contribution in [1.82, 2.24) is 15.1 Å². The standard InChI is InChI=1S/C20H25N5O3/c1-3-28-20(27)25-11-9-24(10-12-25)18-8-7-17(22-23-18)21-19(26)14-16-6-4-5-15(2)13-16/h4-8,13H,3,9-12,14H2,1-2H3,(H,21,22,26). The Morgan fingerprint density at radius 3 is 2.54 bits per heavy atom. The van der Waals surface area contributed by atoms with Crippen molar-refractivity contribution in [3.05, 3.63) is 47.5 Å². The van der Waals surface area contributed by atoms with E-state index in [4.69, 9.17) is 4.74 Å². The minimum atomic E-state index is -0.278. The van der Waals surface area contributed by atoms with E-state index in [2.05, 4.69) is 20.4 Å². The number of amides is 2. The molecule has 0 atom stereocenters. The van der Waals surface area contributed by atoms with Crippen LogP contribution in [-0.2, 0) is 16.0 Å². The molecular weight excluding hydrogens is 358 g/mol. The molecule has 2 heterocycles. The number of nitrogens with zero attached hydrogens (tertiary/aromatic N) is 4. The number of aromatic nitrogens is 2. The summed E-state index contributed by atoms with van der Waals surface area (Å²) in [6, 6.07) is 11.4. The molecule has 3 rings (SSSR count). The van der Waals surface area contributed by atoms with Crippen molar-refractivity contribution in [3.63, 3.8) is 0 Å². The summed E-state index contributed by atoms with van der Waals surface area (Å²) >= 11 is 0. The minimum Gasteiger partial charge on any atom is -0.450 e. The largest absolute Gasteiger partial charge is 0.450 e. The summed E-state index contributed by atoms with van der Waals surface area (Å²) in [5.74, 6) is 1.02. The van der Waals surface area contributed by atoms with Crippen molar-refractivity contribution in [3.8, 4) is 0 Å². The maximum Gasteiger partial charge on any atom is 0.409 e. The Morgan fingerprint density at radius 2 is 1.89 bits per heavy atom. The van der Waals surface area contributed by atoms with Gasteiger partial charge in [0.05, 0.1) is 13.0 Å². The average Bonchev–Trinajstić information content (AvgIpc) is 2.69. The van der Waals surface area contributed by atoms with Crippen LogP contribution in [0.3, 0.4) is 0 Å². The molecule has 1 N–H and O–H groups in total. The van der Waals surface area contributed by atoms with Crippen molar-refractivity contribution >= 4 is 23.6 Å². The molecule has 28 heavy (non-hydrogen) atoms. The SMILES string of the molecule is CCOC(=O)N1CCN(c2ccc(NC(=O)Cc3cccc(C)c3)nn2)CC1. The Labute approximate surface area is 164 Å². The van der Waals surface area contributed by atoms with Crippen LogP contribution in [0, 0.1) is 6.92 Å². The molecular formula is C20H25N5O3. The monoisotopic (exact) mass is 383 g/mol. The van der Waals surface area contributed by atoms with Crippen LogP contribution in [-0.4, -0.2) is 59.9 Å². The second-order valence-corrected chi connectivity index (χ2v) is 6.66. The lowest BCUT2D eigenvalue weighted by molar-refractivity contribution is -0.115. The summed E-state index contributed by atoms with van der Waals surface area (Å²) in [5.41, 5.74) is 2.08. The van der Waals surface area contributed by atoms with E-state index in [-0.39, 0.29) is 12.0 Å². The van der Waals surface area contributed by atoms with E-state index in [1.807, 2.05) is 37.3 Å². The van der Waals surface area contributed by atoms with Crippen molar-refractivity contribution in [2.45, 2.75) is 20.3 Å². The van der Waals surface area contributed by atoms with Crippen molar-refractivity contribution in [2.75, 3.05) is 43.0 Å². The average molecular weight is 383 g/mol. The van der Waals surface area contributed by atoms with Gasteiger partial charge >= 0.3 is 6.09 Å². The van der Waals surface area contributed by atoms with Crippen LogP contribution in [0.4, 0.5) is 16.4 Å². The van der Waals surface area contributed by atoms with Crippen LogP contribution < -0.4 is 10.2 Å². The zero-order valence-electron chi connectivity index (χ0n) is 16.2. The normalized spacial score (nSPS) is 13.9. The molecule has 1 saturated heterocycles. The molecule has 148 valence electrons. The van der Waals surface area contributed by atoms with E-state index in [0.717, 1.165) is 16.9 Å². The Morgan fingerprint density at radius 1 is 1.11 bits per heavy atom. The Hall–Kier alpha value is -3.16. The molecule has 0 spiro atoms. The maximum atomic E-state index is 12.2. The van der Waals surface area contributed by atoms with Gasteiger partial charge in [0.25, 0.3) is 0 Å². The van der Waals surface area contributed by atoms with Crippen LogP contribution in [0.5, 0.6) is 0 Å². The van der Waals surface area contributed by atoms with Gasteiger partial charge in [-0.3, -0.25) is 4.79 Å². The van der Waals surface area contributed by atoms with Gasteiger partial charge in [0, 0.05) is 26.2 Å². The first kappa shape index (κ1) is 19.6. The van der Waals surface area contributed by atoms with Gasteiger partial charge in [-0.05, 0) is 31.5 Å². The van der Waals surface area contributed by atoms with Gasteiger partial charge in [0.1, 0.15) is 0 Å². The van der Waals surface area contributed by atoms with Gasteiger partial charge in [-0.25, -0.2) is 4.79 Å². The van der Waals surface area contributed by atoms with Crippen molar-refractivity contribution in [1.29, 1.82) is 0 Å². The number of anilines is 2. The van der Waals surface area contributed by atoms with Gasteiger partial charge in [-0.15, -0.1) is 10.2 Å². The topological polar surface area (TPSA) is 87.7 Å². The van der Waals surface area contributed by atoms with Gasteiger partial charge in [0.2, 0.25) is 5.91 Å². The fourth-order valence-corrected chi connectivity index (χ4v) is 3.09. The summed E-state index contributed by atoms with van der Waals surface area (Å²) in [7, 11) is 0. The summed E-state index contributed by atoms with van der Waals surface area (Å²) in [5, 5.41) is 11.1. The minimum absolute atomic E-state index is 0.129. The molecule has 8 heteroatoms. The summed E-state index contributed by atoms with van der Waals surface area (Å²) < 4.78 is 5.02. The molecule has 2 aromatic rings. The van der Waals surface area contributed by atoms with Crippen LogP contribution >= 0.6 is 0 Å². The third kappa shape index (κ3) is 5.18. The number of ether oxygens (including phenoxy) is 1. The van der Waals surface area contributed by atoms with Gasteiger partial charge in [0.15, 0.2) is 11.6 Å². The highest BCUT2D eigenvalue weighted by molar-refractivity contribution is 5.91. The Balaban J connectivity index is 1.51. The second-order valence-electron chi connectivity index (χ2n) is 6.66. The lowest BCUT2D eigenvalue weighted by Gasteiger charge is -2.34. The van der Waals surface area contributed by atoms with E-state index in [0.29, 0.717) is 45.0 Å². The van der Waals surface area contributed by atoms with E-state index >= 15 is 0 Å². The highest BCUT2D eigenvalue weighted by Crippen LogP contribution is 2.15. The smallest absolute Gasteiger partial charge is 0.409 e. The predicted octanol–water partition coefficient (Wildman–Crippen LogP) is 2.24. The van der Waals surface area contributed by atoms with Crippen LogP contribution in [0.1, 0.15) is 18.1 Å². The van der Waals surface area contributed by atoms with Gasteiger partial charge in [-0.1, -0.05) is 29.8 Å². The third-order valence-electron chi connectivity index (χ3n) is 4.49. The highest BCUT2D eigenvalue weighted by atomic mass is 16.6. The first-order chi connectivity index (χ1) is 13.5. The van der Waals surface area contributed by atoms with Crippen molar-refractivity contribution < 1.29 is 14.3 Å². The number of carbonyl (C=O) groups is 2. The second kappa shape index (κ2) is 9.16. The number of hydrogen-bond donors (Lipinski definition) is 1. The number of piperazine rings is 1. The number of rotatable bonds is 5. The molecule has 1 fully saturated rings. The zero-order chi connectivity index (χ0) is 19.9. The maximum absolute atomic E-state index is 12.2. The van der Waals surface area contributed by atoms with Gasteiger partial charge in [-0.2, -0.15) is 0 Å². The van der Waals surface area contributed by atoms with E-state index < -0.39 is 0 Å². The summed E-state index contributed by atoms with van der Waals surface area (Å²) in [6.45, 7) is 6.65. The lowest BCUT2D eigenvalue weighted by atomic mass is 10.1. The summed E-state index contributed by atoms with van der Waals surface area (Å²) in [4.78, 5) is 27.7. The zero-order valence-corrected chi connectivity index (χ0v) is 16.2. The van der Waals surface area contributed by atoms with E-state index in [9.17, 15) is 9.59 Å². The van der Waals surface area contributed by atoms with Gasteiger partial charge < -0.3 is 19.9 Å². The molecule has 0 radical (unpaired) electrons. The molecule has 1 aliphatic rings. The first-order valence-electron chi connectivity index (χ1n) is 9.41. The fraction of sp³-hybridized carbons (Fsp3) is 0.400. The van der Waals surface area contributed by atoms with Crippen molar-refractivity contribution in [2.24, 2.45) is 0 Å². The van der Waals surface area contributed by atoms with Crippen LogP contribution in [0.15, 0.2) is 36.4 Å². The first-order valence-corrected chi connectivity index (χ1v) is 9.41. The number of hydrogen-bond acceptors (Lipinski definition) is 6. The summed E-state index contributed by atoms with van der Waals surface area (Å²) in [6.07, 6.45) is 0.0147. The quantitative estimate of drug-likeness (QED) is 0.852. The van der Waals surface area contributed by atoms with E-state index in [1.54, 1.807) is 17.9 Å². The molecule has 8 nitrogen and oxygen atoms in total. The molecule has 1 aromatic heterocycles. The molecule has 0 unspecified atom stereocenters. The van der Waals surface area contributed by atoms with E-state index in [1.165, 1.54) is 0 Å². The highest BCUT2D eigenvalue weighted by Gasteiger charge is 2.22. The fourth-order valence-electron chi connectivity index (χ4n) is 3.09. The number of aryl methyl sites for hydroxylation is 1. The third-order valence-corrected chi connectivity index (χ3v) is 4.49. The number of carbonyl (C=O) groups excluding carboxylic acids is 2. The van der Waals surface area contributed by atoms with Crippen LogP contribution in [0.25, 0.3) is 0 Å².